The van der Waals surface area contributed by atoms with E-state index in [0.717, 1.165) is 0 Å². The first kappa shape index (κ1) is 21.3. The van der Waals surface area contributed by atoms with Gasteiger partial charge in [0.1, 0.15) is 23.9 Å². The van der Waals surface area contributed by atoms with Gasteiger partial charge in [0.25, 0.3) is 0 Å². The van der Waals surface area contributed by atoms with Gasteiger partial charge in [-0.3, -0.25) is 0 Å². The Balaban J connectivity index is 1.77. The number of nitrogens with two attached hydrogens (primary N) is 1. The van der Waals surface area contributed by atoms with E-state index in [4.69, 9.17) is 19.7 Å². The molecule has 3 heterocycles. The average Bonchev–Trinajstić information content (AvgIpc) is 3.36. The number of aryl methyl sites for hydroxylation is 1. The van der Waals surface area contributed by atoms with E-state index in [-0.39, 0.29) is 5.95 Å². The second kappa shape index (κ2) is 8.66. The number of rotatable bonds is 6. The molecular formula is C22H22N6O4. The highest BCUT2D eigenvalue weighted by molar-refractivity contribution is 5.80. The van der Waals surface area contributed by atoms with Crippen LogP contribution >= 0.6 is 0 Å². The predicted octanol–water partition coefficient (Wildman–Crippen LogP) is 1.98. The van der Waals surface area contributed by atoms with Gasteiger partial charge < -0.3 is 24.8 Å². The van der Waals surface area contributed by atoms with Crippen molar-refractivity contribution in [3.63, 3.8) is 0 Å². The molecule has 164 valence electrons. The monoisotopic (exact) mass is 434 g/mol. The topological polar surface area (TPSA) is 134 Å². The fourth-order valence-corrected chi connectivity index (χ4v) is 3.01. The molecule has 4 rings (SSSR count). The minimum absolute atomic E-state index is 0.127. The van der Waals surface area contributed by atoms with Crippen molar-refractivity contribution in [3.8, 4) is 23.7 Å². The summed E-state index contributed by atoms with van der Waals surface area (Å²) in [7, 11) is 1.59. The lowest BCUT2D eigenvalue weighted by molar-refractivity contribution is 0.112. The summed E-state index contributed by atoms with van der Waals surface area (Å²) in [5, 5.41) is 14.5. The van der Waals surface area contributed by atoms with Crippen molar-refractivity contribution in [1.29, 1.82) is 0 Å². The summed E-state index contributed by atoms with van der Waals surface area (Å²) in [6.45, 7) is 4.03. The van der Waals surface area contributed by atoms with Crippen LogP contribution in [0.25, 0.3) is 16.9 Å². The number of benzene rings is 1. The van der Waals surface area contributed by atoms with Crippen molar-refractivity contribution in [2.24, 2.45) is 0 Å². The molecule has 4 aromatic rings. The van der Waals surface area contributed by atoms with E-state index in [2.05, 4.69) is 31.9 Å². The van der Waals surface area contributed by atoms with Crippen LogP contribution in [0.5, 0.6) is 6.01 Å². The van der Waals surface area contributed by atoms with Gasteiger partial charge >= 0.3 is 6.01 Å². The Hall–Kier alpha value is -3.94. The molecule has 0 fully saturated rings. The molecule has 0 bridgehead atoms. The molecule has 32 heavy (non-hydrogen) atoms. The van der Waals surface area contributed by atoms with E-state index >= 15 is 0 Å². The van der Waals surface area contributed by atoms with Crippen molar-refractivity contribution in [2.45, 2.75) is 19.4 Å². The molecule has 0 spiro atoms. The number of hydrogen-bond donors (Lipinski definition) is 2. The highest BCUT2D eigenvalue weighted by Crippen LogP contribution is 2.27. The highest BCUT2D eigenvalue weighted by Gasteiger charge is 2.24. The Kier molecular flexibility index (Phi) is 5.77. The van der Waals surface area contributed by atoms with Gasteiger partial charge in [0, 0.05) is 31.0 Å². The van der Waals surface area contributed by atoms with Crippen molar-refractivity contribution >= 4 is 17.0 Å². The van der Waals surface area contributed by atoms with Crippen molar-refractivity contribution in [2.75, 3.05) is 26.1 Å². The second-order valence-electron chi connectivity index (χ2n) is 7.19. The number of ether oxygens (including phenoxy) is 2. The number of imidazole rings is 1. The maximum absolute atomic E-state index is 10.7. The summed E-state index contributed by atoms with van der Waals surface area (Å²) in [5.41, 5.74) is 6.70. The molecule has 0 saturated heterocycles. The summed E-state index contributed by atoms with van der Waals surface area (Å²) in [5.74, 6) is 7.07. The minimum atomic E-state index is -1.47. The molecule has 3 aromatic heterocycles. The van der Waals surface area contributed by atoms with Gasteiger partial charge in [0.15, 0.2) is 5.60 Å². The van der Waals surface area contributed by atoms with Gasteiger partial charge in [0.2, 0.25) is 5.95 Å². The fraction of sp³-hybridized carbons (Fsp3) is 0.273. The van der Waals surface area contributed by atoms with Crippen LogP contribution < -0.4 is 10.5 Å². The SMILES string of the molecule is COCCOc1nc2ccc(C#CC(C)(O)c3cc(C)on3)cc2n1-c1ccnc(N)n1. The summed E-state index contributed by atoms with van der Waals surface area (Å²) in [6.07, 6.45) is 1.56. The van der Waals surface area contributed by atoms with E-state index < -0.39 is 5.60 Å². The zero-order valence-electron chi connectivity index (χ0n) is 17.9. The van der Waals surface area contributed by atoms with Gasteiger partial charge in [-0.2, -0.15) is 9.97 Å². The summed E-state index contributed by atoms with van der Waals surface area (Å²) in [6, 6.07) is 9.15. The normalized spacial score (nSPS) is 12.9. The number of aliphatic hydroxyl groups is 1. The highest BCUT2D eigenvalue weighted by atomic mass is 16.5. The van der Waals surface area contributed by atoms with Crippen LogP contribution in [0.2, 0.25) is 0 Å². The number of aromatic nitrogens is 5. The minimum Gasteiger partial charge on any atom is -0.462 e. The third kappa shape index (κ3) is 4.39. The Morgan fingerprint density at radius 3 is 2.78 bits per heavy atom. The van der Waals surface area contributed by atoms with E-state index in [0.29, 0.717) is 53.1 Å². The van der Waals surface area contributed by atoms with Crippen LogP contribution in [-0.2, 0) is 10.3 Å². The Morgan fingerprint density at radius 1 is 1.22 bits per heavy atom. The van der Waals surface area contributed by atoms with Crippen LogP contribution in [0.15, 0.2) is 41.1 Å². The van der Waals surface area contributed by atoms with E-state index in [1.165, 1.54) is 0 Å². The maximum Gasteiger partial charge on any atom is 0.303 e. The number of nitrogen functional groups attached to an aromatic ring is 1. The first-order valence-corrected chi connectivity index (χ1v) is 9.80. The molecule has 1 aromatic carbocycles. The quantitative estimate of drug-likeness (QED) is 0.345. The standard InChI is InChI=1S/C22H22N6O4/c1-14-12-18(27-32-14)22(2,29)8-6-15-4-5-16-17(13-15)28(19-7-9-24-20(23)26-19)21(25-16)31-11-10-30-3/h4-5,7,9,12-13,29H,10-11H2,1-3H3,(H2,23,24,26). The number of fused-ring (bicyclic) bond motifs is 1. The van der Waals surface area contributed by atoms with Crippen LogP contribution in [0, 0.1) is 18.8 Å². The smallest absolute Gasteiger partial charge is 0.303 e. The van der Waals surface area contributed by atoms with Gasteiger partial charge in [-0.25, -0.2) is 9.55 Å². The molecule has 0 aliphatic rings. The van der Waals surface area contributed by atoms with Crippen LogP contribution in [-0.4, -0.2) is 50.1 Å². The van der Waals surface area contributed by atoms with E-state index in [1.54, 1.807) is 43.9 Å². The molecule has 10 nitrogen and oxygen atoms in total. The first-order chi connectivity index (χ1) is 15.4. The van der Waals surface area contributed by atoms with E-state index in [9.17, 15) is 5.11 Å². The van der Waals surface area contributed by atoms with Crippen molar-refractivity contribution in [3.05, 3.63) is 53.5 Å². The predicted molar refractivity (Wildman–Crippen MR) is 116 cm³/mol. The largest absolute Gasteiger partial charge is 0.462 e. The van der Waals surface area contributed by atoms with Crippen LogP contribution in [0.3, 0.4) is 0 Å². The lowest BCUT2D eigenvalue weighted by Gasteiger charge is -2.11. The van der Waals surface area contributed by atoms with Crippen LogP contribution in [0.4, 0.5) is 5.95 Å². The molecule has 0 amide bonds. The second-order valence-corrected chi connectivity index (χ2v) is 7.19. The number of methoxy groups -OCH3 is 1. The van der Waals surface area contributed by atoms with Crippen molar-refractivity contribution in [1.82, 2.24) is 24.7 Å². The zero-order valence-corrected chi connectivity index (χ0v) is 17.9. The molecule has 0 saturated carbocycles. The Morgan fingerprint density at radius 2 is 2.06 bits per heavy atom. The molecule has 3 N–H and O–H groups in total. The molecule has 10 heteroatoms. The fourth-order valence-electron chi connectivity index (χ4n) is 3.01. The van der Waals surface area contributed by atoms with Crippen LogP contribution in [0.1, 0.15) is 23.9 Å². The summed E-state index contributed by atoms with van der Waals surface area (Å²) >= 11 is 0. The Labute approximate surface area is 184 Å². The van der Waals surface area contributed by atoms with Gasteiger partial charge in [-0.05, 0) is 32.0 Å². The third-order valence-corrected chi connectivity index (χ3v) is 4.61. The zero-order chi connectivity index (χ0) is 22.7. The molecular weight excluding hydrogens is 412 g/mol. The Bertz CT molecular complexity index is 1310. The van der Waals surface area contributed by atoms with Gasteiger partial charge in [0.05, 0.1) is 17.6 Å². The lowest BCUT2D eigenvalue weighted by atomic mass is 10.0. The van der Waals surface area contributed by atoms with Crippen molar-refractivity contribution < 1.29 is 19.1 Å². The van der Waals surface area contributed by atoms with Gasteiger partial charge in [-0.15, -0.1) is 0 Å². The molecule has 0 aliphatic heterocycles. The molecule has 0 radical (unpaired) electrons. The number of hydrogen-bond acceptors (Lipinski definition) is 9. The summed E-state index contributed by atoms with van der Waals surface area (Å²) in [4.78, 5) is 12.8. The average molecular weight is 434 g/mol. The molecule has 0 aliphatic carbocycles. The maximum atomic E-state index is 10.7. The molecule has 1 unspecified atom stereocenters. The van der Waals surface area contributed by atoms with Gasteiger partial charge in [-0.1, -0.05) is 17.0 Å². The number of anilines is 1. The first-order valence-electron chi connectivity index (χ1n) is 9.80. The summed E-state index contributed by atoms with van der Waals surface area (Å²) < 4.78 is 17.6. The number of nitrogens with zero attached hydrogens (tertiary/aromatic N) is 5. The molecule has 1 atom stereocenters. The lowest BCUT2D eigenvalue weighted by Crippen LogP contribution is -2.18. The van der Waals surface area contributed by atoms with E-state index in [1.807, 2.05) is 18.2 Å². The third-order valence-electron chi connectivity index (χ3n) is 4.61.